The first-order chi connectivity index (χ1) is 11.5. The minimum absolute atomic E-state index is 0.206. The summed E-state index contributed by atoms with van der Waals surface area (Å²) in [4.78, 5) is 12.2. The zero-order valence-electron chi connectivity index (χ0n) is 13.2. The lowest BCUT2D eigenvalue weighted by atomic mass is 10.0. The maximum Gasteiger partial charge on any atom is 0.224 e. The third-order valence-electron chi connectivity index (χ3n) is 3.99. The Morgan fingerprint density at radius 3 is 2.50 bits per heavy atom. The molecule has 0 aliphatic heterocycles. The van der Waals surface area contributed by atoms with Crippen molar-refractivity contribution < 1.29 is 13.6 Å². The number of amides is 1. The van der Waals surface area contributed by atoms with Gasteiger partial charge in [-0.1, -0.05) is 48.5 Å². The van der Waals surface area contributed by atoms with Gasteiger partial charge in [-0.25, -0.2) is 8.78 Å². The lowest BCUT2D eigenvalue weighted by Gasteiger charge is -2.15. The molecule has 0 aliphatic rings. The van der Waals surface area contributed by atoms with E-state index in [1.807, 2.05) is 42.5 Å². The molecule has 1 atom stereocenters. The molecular weight excluding hydrogens is 308 g/mol. The van der Waals surface area contributed by atoms with Crippen LogP contribution < -0.4 is 5.32 Å². The molecule has 3 rings (SSSR count). The van der Waals surface area contributed by atoms with Gasteiger partial charge in [0, 0.05) is 11.6 Å². The standard InChI is InChI=1S/C20H17F2NO/c1-13(18-9-8-17(21)12-19(18)22)23-20(24)11-14-6-7-15-4-2-3-5-16(15)10-14/h2-10,12-13H,11H2,1H3,(H,23,24). The lowest BCUT2D eigenvalue weighted by Crippen LogP contribution is -2.28. The first-order valence-electron chi connectivity index (χ1n) is 7.75. The molecule has 4 heteroatoms. The van der Waals surface area contributed by atoms with Crippen LogP contribution in [0.4, 0.5) is 8.78 Å². The van der Waals surface area contributed by atoms with Crippen LogP contribution in [0.25, 0.3) is 10.8 Å². The van der Waals surface area contributed by atoms with E-state index >= 15 is 0 Å². The Balaban J connectivity index is 1.69. The summed E-state index contributed by atoms with van der Waals surface area (Å²) in [6, 6.07) is 16.6. The second kappa shape index (κ2) is 6.79. The SMILES string of the molecule is CC(NC(=O)Cc1ccc2ccccc2c1)c1ccc(F)cc1F. The summed E-state index contributed by atoms with van der Waals surface area (Å²) in [5.74, 6) is -1.50. The number of carbonyl (C=O) groups excluding carboxylic acids is 1. The molecular formula is C20H17F2NO. The van der Waals surface area contributed by atoms with Gasteiger partial charge >= 0.3 is 0 Å². The van der Waals surface area contributed by atoms with Crippen LogP contribution in [-0.4, -0.2) is 5.91 Å². The van der Waals surface area contributed by atoms with Crippen LogP contribution in [-0.2, 0) is 11.2 Å². The monoisotopic (exact) mass is 325 g/mol. The molecule has 0 radical (unpaired) electrons. The second-order valence-electron chi connectivity index (χ2n) is 5.81. The largest absolute Gasteiger partial charge is 0.349 e. The van der Waals surface area contributed by atoms with E-state index in [2.05, 4.69) is 5.32 Å². The van der Waals surface area contributed by atoms with Crippen LogP contribution in [0.3, 0.4) is 0 Å². The predicted molar refractivity (Wildman–Crippen MR) is 90.6 cm³/mol. The van der Waals surface area contributed by atoms with E-state index in [9.17, 15) is 13.6 Å². The quantitative estimate of drug-likeness (QED) is 0.750. The van der Waals surface area contributed by atoms with Gasteiger partial charge in [0.15, 0.2) is 0 Å². The highest BCUT2D eigenvalue weighted by atomic mass is 19.1. The molecule has 1 amide bonds. The maximum absolute atomic E-state index is 13.8. The average molecular weight is 325 g/mol. The van der Waals surface area contributed by atoms with E-state index in [0.717, 1.165) is 22.4 Å². The van der Waals surface area contributed by atoms with Gasteiger partial charge in [0.1, 0.15) is 11.6 Å². The summed E-state index contributed by atoms with van der Waals surface area (Å²) < 4.78 is 26.7. The van der Waals surface area contributed by atoms with Crippen molar-refractivity contribution in [1.29, 1.82) is 0 Å². The van der Waals surface area contributed by atoms with Gasteiger partial charge in [-0.3, -0.25) is 4.79 Å². The van der Waals surface area contributed by atoms with E-state index < -0.39 is 17.7 Å². The number of benzene rings is 3. The molecule has 24 heavy (non-hydrogen) atoms. The summed E-state index contributed by atoms with van der Waals surface area (Å²) in [6.45, 7) is 1.68. The highest BCUT2D eigenvalue weighted by Gasteiger charge is 2.14. The van der Waals surface area contributed by atoms with Crippen molar-refractivity contribution in [3.05, 3.63) is 83.4 Å². The molecule has 0 bridgehead atoms. The number of rotatable bonds is 4. The lowest BCUT2D eigenvalue weighted by molar-refractivity contribution is -0.121. The fourth-order valence-corrected chi connectivity index (χ4v) is 2.76. The van der Waals surface area contributed by atoms with E-state index in [0.29, 0.717) is 0 Å². The van der Waals surface area contributed by atoms with Crippen LogP contribution in [0.2, 0.25) is 0 Å². The van der Waals surface area contributed by atoms with Gasteiger partial charge in [-0.2, -0.15) is 0 Å². The summed E-state index contributed by atoms with van der Waals surface area (Å²) in [5, 5.41) is 4.94. The normalized spacial score (nSPS) is 12.1. The fourth-order valence-electron chi connectivity index (χ4n) is 2.76. The van der Waals surface area contributed by atoms with Crippen LogP contribution in [0.5, 0.6) is 0 Å². The minimum atomic E-state index is -0.659. The molecule has 0 heterocycles. The Labute approximate surface area is 139 Å². The first kappa shape index (κ1) is 16.1. The van der Waals surface area contributed by atoms with Crippen molar-refractivity contribution in [3.63, 3.8) is 0 Å². The van der Waals surface area contributed by atoms with Crippen molar-refractivity contribution in [1.82, 2.24) is 5.32 Å². The van der Waals surface area contributed by atoms with Gasteiger partial charge in [0.25, 0.3) is 0 Å². The number of hydrogen-bond donors (Lipinski definition) is 1. The van der Waals surface area contributed by atoms with Crippen LogP contribution in [0, 0.1) is 11.6 Å². The highest BCUT2D eigenvalue weighted by Crippen LogP contribution is 2.19. The first-order valence-corrected chi connectivity index (χ1v) is 7.75. The number of fused-ring (bicyclic) bond motifs is 1. The summed E-state index contributed by atoms with van der Waals surface area (Å²) in [5.41, 5.74) is 1.15. The van der Waals surface area contributed by atoms with E-state index in [4.69, 9.17) is 0 Å². The van der Waals surface area contributed by atoms with Crippen LogP contribution >= 0.6 is 0 Å². The Morgan fingerprint density at radius 1 is 1.00 bits per heavy atom. The van der Waals surface area contributed by atoms with Crippen molar-refractivity contribution in [2.75, 3.05) is 0 Å². The smallest absolute Gasteiger partial charge is 0.224 e. The third-order valence-corrected chi connectivity index (χ3v) is 3.99. The van der Waals surface area contributed by atoms with Gasteiger partial charge < -0.3 is 5.32 Å². The predicted octanol–water partition coefficient (Wildman–Crippen LogP) is 4.54. The van der Waals surface area contributed by atoms with Gasteiger partial charge in [-0.15, -0.1) is 0 Å². The number of carbonyl (C=O) groups is 1. The molecule has 0 aromatic heterocycles. The summed E-state index contributed by atoms with van der Waals surface area (Å²) >= 11 is 0. The van der Waals surface area contributed by atoms with E-state index in [-0.39, 0.29) is 17.9 Å². The fraction of sp³-hybridized carbons (Fsp3) is 0.150. The van der Waals surface area contributed by atoms with Gasteiger partial charge in [0.2, 0.25) is 5.91 Å². The molecule has 0 saturated heterocycles. The Kier molecular flexibility index (Phi) is 4.56. The van der Waals surface area contributed by atoms with Gasteiger partial charge in [-0.05, 0) is 29.3 Å². The average Bonchev–Trinajstić information content (AvgIpc) is 2.54. The third kappa shape index (κ3) is 3.59. The maximum atomic E-state index is 13.8. The number of nitrogens with one attached hydrogen (secondary N) is 1. The van der Waals surface area contributed by atoms with Crippen molar-refractivity contribution in [2.45, 2.75) is 19.4 Å². The highest BCUT2D eigenvalue weighted by molar-refractivity contribution is 5.85. The van der Waals surface area contributed by atoms with Gasteiger partial charge in [0.05, 0.1) is 12.5 Å². The molecule has 0 aliphatic carbocycles. The topological polar surface area (TPSA) is 29.1 Å². The molecule has 122 valence electrons. The Morgan fingerprint density at radius 2 is 1.75 bits per heavy atom. The summed E-state index contributed by atoms with van der Waals surface area (Å²) in [6.07, 6.45) is 0.206. The molecule has 1 unspecified atom stereocenters. The van der Waals surface area contributed by atoms with Crippen molar-refractivity contribution in [3.8, 4) is 0 Å². The zero-order chi connectivity index (χ0) is 17.1. The van der Waals surface area contributed by atoms with E-state index in [1.54, 1.807) is 6.92 Å². The molecule has 0 saturated carbocycles. The minimum Gasteiger partial charge on any atom is -0.349 e. The van der Waals surface area contributed by atoms with E-state index in [1.165, 1.54) is 12.1 Å². The molecule has 2 nitrogen and oxygen atoms in total. The Bertz CT molecular complexity index is 892. The summed E-state index contributed by atoms with van der Waals surface area (Å²) in [7, 11) is 0. The molecule has 0 spiro atoms. The molecule has 1 N–H and O–H groups in total. The number of hydrogen-bond acceptors (Lipinski definition) is 1. The van der Waals surface area contributed by atoms with Crippen molar-refractivity contribution in [2.24, 2.45) is 0 Å². The number of halogens is 2. The molecule has 3 aromatic rings. The molecule has 3 aromatic carbocycles. The van der Waals surface area contributed by atoms with Crippen molar-refractivity contribution >= 4 is 16.7 Å². The second-order valence-corrected chi connectivity index (χ2v) is 5.81. The molecule has 0 fully saturated rings. The van der Waals surface area contributed by atoms with Crippen LogP contribution in [0.15, 0.2) is 60.7 Å². The Hall–Kier alpha value is -2.75. The van der Waals surface area contributed by atoms with Crippen LogP contribution in [0.1, 0.15) is 24.1 Å². The zero-order valence-corrected chi connectivity index (χ0v) is 13.2.